The maximum atomic E-state index is 13.9. The van der Waals surface area contributed by atoms with Crippen molar-refractivity contribution < 1.29 is 28.6 Å². The molecule has 0 bridgehead atoms. The molecule has 0 spiro atoms. The van der Waals surface area contributed by atoms with Gasteiger partial charge in [-0.15, -0.1) is 0 Å². The number of ether oxygens (including phenoxy) is 3. The molecule has 0 radical (unpaired) electrons. The lowest BCUT2D eigenvalue weighted by molar-refractivity contribution is -0.142. The minimum Gasteiger partial charge on any atom is -0.497 e. The van der Waals surface area contributed by atoms with Crippen LogP contribution in [-0.2, 0) is 19.1 Å². The maximum Gasteiger partial charge on any atom is 0.307 e. The zero-order chi connectivity index (χ0) is 27.6. The SMILES string of the molecule is COC(=O)C[C@@H]1SC2=C(C(=O)Nc3cccc(C)c3)[C@H](c3ccc(OC)cc3OC)C(C#N)=C(N)N2C1=O. The van der Waals surface area contributed by atoms with Gasteiger partial charge in [-0.05, 0) is 30.7 Å². The third kappa shape index (κ3) is 4.78. The Labute approximate surface area is 224 Å². The average molecular weight is 535 g/mol. The van der Waals surface area contributed by atoms with Crippen molar-refractivity contribution in [3.63, 3.8) is 0 Å². The third-order valence-corrected chi connectivity index (χ3v) is 7.53. The van der Waals surface area contributed by atoms with Crippen molar-refractivity contribution in [2.24, 2.45) is 5.73 Å². The van der Waals surface area contributed by atoms with Crippen molar-refractivity contribution in [3.8, 4) is 17.6 Å². The number of nitrogens with zero attached hydrogens (tertiary/aromatic N) is 2. The predicted molar refractivity (Wildman–Crippen MR) is 141 cm³/mol. The molecule has 2 atom stereocenters. The molecule has 3 N–H and O–H groups in total. The zero-order valence-corrected chi connectivity index (χ0v) is 22.0. The summed E-state index contributed by atoms with van der Waals surface area (Å²) in [5, 5.41) is 12.5. The summed E-state index contributed by atoms with van der Waals surface area (Å²) in [6.07, 6.45) is -0.224. The fourth-order valence-electron chi connectivity index (χ4n) is 4.43. The van der Waals surface area contributed by atoms with Gasteiger partial charge in [0, 0.05) is 17.3 Å². The highest BCUT2D eigenvalue weighted by Crippen LogP contribution is 2.51. The minimum absolute atomic E-state index is 0.000669. The highest BCUT2D eigenvalue weighted by atomic mass is 32.2. The molecule has 2 aromatic rings. The lowest BCUT2D eigenvalue weighted by atomic mass is 9.82. The van der Waals surface area contributed by atoms with Crippen LogP contribution >= 0.6 is 11.8 Å². The van der Waals surface area contributed by atoms with Crippen LogP contribution in [0.5, 0.6) is 11.5 Å². The Morgan fingerprint density at radius 3 is 2.55 bits per heavy atom. The molecule has 10 nitrogen and oxygen atoms in total. The van der Waals surface area contributed by atoms with Crippen LogP contribution in [0.3, 0.4) is 0 Å². The Morgan fingerprint density at radius 1 is 1.16 bits per heavy atom. The van der Waals surface area contributed by atoms with Crippen molar-refractivity contribution in [2.45, 2.75) is 24.5 Å². The number of methoxy groups -OCH3 is 3. The number of carbonyl (C=O) groups excluding carboxylic acids is 3. The summed E-state index contributed by atoms with van der Waals surface area (Å²) < 4.78 is 15.7. The van der Waals surface area contributed by atoms with Crippen LogP contribution in [0.2, 0.25) is 0 Å². The number of hydrogen-bond acceptors (Lipinski definition) is 9. The zero-order valence-electron chi connectivity index (χ0n) is 21.2. The molecule has 0 aromatic heterocycles. The number of allylic oxidation sites excluding steroid dienone is 1. The number of nitrogens with one attached hydrogen (secondary N) is 1. The minimum atomic E-state index is -0.964. The maximum absolute atomic E-state index is 13.9. The van der Waals surface area contributed by atoms with Gasteiger partial charge in [0.05, 0.1) is 55.9 Å². The first-order valence-electron chi connectivity index (χ1n) is 11.5. The van der Waals surface area contributed by atoms with Gasteiger partial charge in [0.2, 0.25) is 5.91 Å². The van der Waals surface area contributed by atoms with Gasteiger partial charge < -0.3 is 25.3 Å². The normalized spacial score (nSPS) is 18.6. The van der Waals surface area contributed by atoms with Crippen LogP contribution in [0.4, 0.5) is 5.69 Å². The molecular formula is C27H26N4O6S. The van der Waals surface area contributed by atoms with Crippen molar-refractivity contribution in [1.82, 2.24) is 4.90 Å². The molecule has 2 aliphatic rings. The van der Waals surface area contributed by atoms with Gasteiger partial charge in [-0.25, -0.2) is 0 Å². The second-order valence-corrected chi connectivity index (χ2v) is 9.75. The van der Waals surface area contributed by atoms with E-state index in [1.54, 1.807) is 36.4 Å². The number of esters is 1. The topological polar surface area (TPSA) is 144 Å². The number of benzene rings is 2. The van der Waals surface area contributed by atoms with E-state index < -0.39 is 29.0 Å². The number of nitrogens with two attached hydrogens (primary N) is 1. The summed E-state index contributed by atoms with van der Waals surface area (Å²) in [5.74, 6) is -1.82. The molecule has 0 unspecified atom stereocenters. The largest absolute Gasteiger partial charge is 0.497 e. The predicted octanol–water partition coefficient (Wildman–Crippen LogP) is 3.16. The number of carbonyl (C=O) groups is 3. The number of anilines is 1. The molecule has 0 saturated carbocycles. The molecule has 2 aromatic carbocycles. The lowest BCUT2D eigenvalue weighted by Gasteiger charge is -2.32. The number of hydrogen-bond donors (Lipinski definition) is 2. The van der Waals surface area contributed by atoms with Crippen LogP contribution in [0.15, 0.2) is 64.5 Å². The summed E-state index contributed by atoms with van der Waals surface area (Å²) >= 11 is 1.04. The highest BCUT2D eigenvalue weighted by Gasteiger charge is 2.49. The monoisotopic (exact) mass is 534 g/mol. The van der Waals surface area contributed by atoms with E-state index in [1.165, 1.54) is 21.3 Å². The summed E-state index contributed by atoms with van der Waals surface area (Å²) in [6.45, 7) is 1.89. The van der Waals surface area contributed by atoms with E-state index in [0.29, 0.717) is 22.7 Å². The van der Waals surface area contributed by atoms with E-state index in [-0.39, 0.29) is 28.4 Å². The molecule has 0 aliphatic carbocycles. The standard InChI is InChI=1S/C27H26N4O6S/c1-14-6-5-7-15(10-14)30-25(33)23-22(17-9-8-16(35-2)11-19(17)36-3)18(13-28)24(29)31-26(34)20(38-27(23)31)12-21(32)37-4/h5-11,20,22H,12,29H2,1-4H3,(H,30,33)/t20-,22+/m0/s1. The Morgan fingerprint density at radius 2 is 1.92 bits per heavy atom. The molecule has 2 aliphatic heterocycles. The first kappa shape index (κ1) is 26.6. The number of aryl methyl sites for hydroxylation is 1. The van der Waals surface area contributed by atoms with E-state index in [9.17, 15) is 19.6 Å². The van der Waals surface area contributed by atoms with Crippen LogP contribution in [0.25, 0.3) is 0 Å². The van der Waals surface area contributed by atoms with E-state index in [4.69, 9.17) is 19.9 Å². The Hall–Kier alpha value is -4.43. The van der Waals surface area contributed by atoms with Gasteiger partial charge >= 0.3 is 5.97 Å². The average Bonchev–Trinajstić information content (AvgIpc) is 3.23. The smallest absolute Gasteiger partial charge is 0.307 e. The van der Waals surface area contributed by atoms with Crippen LogP contribution < -0.4 is 20.5 Å². The quantitative estimate of drug-likeness (QED) is 0.512. The van der Waals surface area contributed by atoms with Gasteiger partial charge in [-0.3, -0.25) is 19.3 Å². The highest BCUT2D eigenvalue weighted by molar-refractivity contribution is 8.04. The Balaban J connectivity index is 1.93. The summed E-state index contributed by atoms with van der Waals surface area (Å²) in [4.78, 5) is 40.4. The summed E-state index contributed by atoms with van der Waals surface area (Å²) in [7, 11) is 4.21. The summed E-state index contributed by atoms with van der Waals surface area (Å²) in [6, 6.07) is 14.4. The third-order valence-electron chi connectivity index (χ3n) is 6.25. The van der Waals surface area contributed by atoms with Gasteiger partial charge in [-0.1, -0.05) is 30.0 Å². The second-order valence-electron chi connectivity index (χ2n) is 8.55. The van der Waals surface area contributed by atoms with Crippen LogP contribution in [0, 0.1) is 18.3 Å². The van der Waals surface area contributed by atoms with Crippen molar-refractivity contribution in [1.29, 1.82) is 5.26 Å². The fraction of sp³-hybridized carbons (Fsp3) is 0.259. The second kappa shape index (κ2) is 10.9. The molecule has 196 valence electrons. The van der Waals surface area contributed by atoms with Gasteiger partial charge in [-0.2, -0.15) is 5.26 Å². The van der Waals surface area contributed by atoms with Gasteiger partial charge in [0.15, 0.2) is 0 Å². The number of amides is 2. The van der Waals surface area contributed by atoms with Crippen LogP contribution in [-0.4, -0.2) is 49.3 Å². The van der Waals surface area contributed by atoms with Gasteiger partial charge in [0.25, 0.3) is 5.91 Å². The van der Waals surface area contributed by atoms with Crippen molar-refractivity contribution >= 4 is 35.2 Å². The first-order valence-corrected chi connectivity index (χ1v) is 12.4. The molecule has 2 heterocycles. The van der Waals surface area contributed by atoms with E-state index in [1.807, 2.05) is 13.0 Å². The Kier molecular flexibility index (Phi) is 7.64. The van der Waals surface area contributed by atoms with Crippen molar-refractivity contribution in [3.05, 3.63) is 75.6 Å². The summed E-state index contributed by atoms with van der Waals surface area (Å²) in [5.41, 5.74) is 8.49. The number of nitriles is 1. The van der Waals surface area contributed by atoms with E-state index in [0.717, 1.165) is 22.2 Å². The number of fused-ring (bicyclic) bond motifs is 1. The molecule has 1 saturated heterocycles. The molecule has 11 heteroatoms. The van der Waals surface area contributed by atoms with E-state index in [2.05, 4.69) is 11.4 Å². The molecule has 2 amide bonds. The molecule has 4 rings (SSSR count). The van der Waals surface area contributed by atoms with Crippen LogP contribution in [0.1, 0.15) is 23.5 Å². The van der Waals surface area contributed by atoms with Crippen molar-refractivity contribution in [2.75, 3.05) is 26.6 Å². The van der Waals surface area contributed by atoms with Gasteiger partial charge in [0.1, 0.15) is 22.6 Å². The number of rotatable bonds is 7. The van der Waals surface area contributed by atoms with E-state index >= 15 is 0 Å². The lowest BCUT2D eigenvalue weighted by Crippen LogP contribution is -2.39. The Bertz CT molecular complexity index is 1430. The fourth-order valence-corrected chi connectivity index (χ4v) is 5.76. The molecular weight excluding hydrogens is 508 g/mol. The molecule has 38 heavy (non-hydrogen) atoms. The number of thioether (sulfide) groups is 1. The molecule has 1 fully saturated rings. The first-order chi connectivity index (χ1) is 18.2.